The van der Waals surface area contributed by atoms with E-state index in [0.717, 1.165) is 29.7 Å². The van der Waals surface area contributed by atoms with Crippen LogP contribution < -0.4 is 5.32 Å². The van der Waals surface area contributed by atoms with Crippen molar-refractivity contribution in [3.05, 3.63) is 0 Å². The number of hydrogen-bond acceptors (Lipinski definition) is 2. The van der Waals surface area contributed by atoms with Crippen LogP contribution in [-0.4, -0.2) is 37.1 Å². The van der Waals surface area contributed by atoms with Crippen molar-refractivity contribution in [3.63, 3.8) is 0 Å². The van der Waals surface area contributed by atoms with Crippen molar-refractivity contribution < 1.29 is 0 Å². The summed E-state index contributed by atoms with van der Waals surface area (Å²) < 4.78 is 0. The average molecular weight is 248 g/mol. The van der Waals surface area contributed by atoms with Crippen LogP contribution in [0.4, 0.5) is 0 Å². The minimum Gasteiger partial charge on any atom is -0.317 e. The molecule has 2 nitrogen and oxygen atoms in total. The number of nitrogens with one attached hydrogen (secondary N) is 1. The molecule has 1 aliphatic heterocycles. The van der Waals surface area contributed by atoms with E-state index in [0.29, 0.717) is 0 Å². The predicted molar refractivity (Wildman–Crippen MR) is 74.5 cm³/mol. The van der Waals surface area contributed by atoms with Gasteiger partial charge in [0, 0.05) is 6.04 Å². The fraction of sp³-hybridized carbons (Fsp3) is 1.00. The molecule has 0 aromatic heterocycles. The smallest absolute Gasteiger partial charge is 0.0152 e. The fourth-order valence-electron chi connectivity index (χ4n) is 5.84. The van der Waals surface area contributed by atoms with Crippen molar-refractivity contribution in [1.29, 1.82) is 0 Å². The molecule has 0 aromatic rings. The lowest BCUT2D eigenvalue weighted by molar-refractivity contribution is -0.0665. The SMILES string of the molecule is C1CNCCCN(C2C3CC4CC(C3)CC2C4)C1. The lowest BCUT2D eigenvalue weighted by atomic mass is 9.54. The maximum Gasteiger partial charge on any atom is 0.0152 e. The van der Waals surface area contributed by atoms with Crippen LogP contribution in [0.1, 0.15) is 44.9 Å². The van der Waals surface area contributed by atoms with Crippen LogP contribution in [-0.2, 0) is 0 Å². The summed E-state index contributed by atoms with van der Waals surface area (Å²) in [6.45, 7) is 5.20. The largest absolute Gasteiger partial charge is 0.317 e. The minimum atomic E-state index is 0.982. The number of nitrogens with zero attached hydrogens (tertiary/aromatic N) is 1. The summed E-state index contributed by atoms with van der Waals surface area (Å²) in [5.41, 5.74) is 0. The first-order chi connectivity index (χ1) is 8.90. The van der Waals surface area contributed by atoms with Gasteiger partial charge in [-0.3, -0.25) is 4.90 Å². The fourth-order valence-corrected chi connectivity index (χ4v) is 5.84. The molecule has 0 radical (unpaired) electrons. The topological polar surface area (TPSA) is 15.3 Å². The summed E-state index contributed by atoms with van der Waals surface area (Å²) in [4.78, 5) is 2.91. The van der Waals surface area contributed by atoms with Crippen LogP contribution in [0.3, 0.4) is 0 Å². The Kier molecular flexibility index (Phi) is 3.12. The van der Waals surface area contributed by atoms with Gasteiger partial charge in [-0.2, -0.15) is 0 Å². The molecular weight excluding hydrogens is 220 g/mol. The van der Waals surface area contributed by atoms with Gasteiger partial charge in [-0.05, 0) is 94.8 Å². The van der Waals surface area contributed by atoms with Crippen LogP contribution in [0.2, 0.25) is 0 Å². The molecule has 1 saturated heterocycles. The van der Waals surface area contributed by atoms with Crippen LogP contribution in [0.15, 0.2) is 0 Å². The highest BCUT2D eigenvalue weighted by Gasteiger charge is 2.49. The first-order valence-electron chi connectivity index (χ1n) is 8.35. The van der Waals surface area contributed by atoms with E-state index < -0.39 is 0 Å². The zero-order valence-corrected chi connectivity index (χ0v) is 11.6. The Morgan fingerprint density at radius 1 is 0.722 bits per heavy atom. The van der Waals surface area contributed by atoms with Crippen molar-refractivity contribution in [3.8, 4) is 0 Å². The molecule has 5 fully saturated rings. The van der Waals surface area contributed by atoms with Crippen LogP contribution in [0.25, 0.3) is 0 Å². The Bertz CT molecular complexity index is 265. The standard InChI is InChI=1S/C16H28N2/c1-3-17-4-2-6-18(5-1)16-14-8-12-7-13(10-14)11-15(16)9-12/h12-17H,1-11H2. The van der Waals surface area contributed by atoms with Crippen LogP contribution in [0, 0.1) is 23.7 Å². The molecule has 0 unspecified atom stereocenters. The van der Waals surface area contributed by atoms with Crippen molar-refractivity contribution in [2.24, 2.45) is 23.7 Å². The summed E-state index contributed by atoms with van der Waals surface area (Å²) in [5.74, 6) is 4.41. The maximum atomic E-state index is 3.55. The van der Waals surface area contributed by atoms with Gasteiger partial charge >= 0.3 is 0 Å². The number of hydrogen-bond donors (Lipinski definition) is 1. The van der Waals surface area contributed by atoms with Crippen molar-refractivity contribution in [2.45, 2.75) is 51.0 Å². The van der Waals surface area contributed by atoms with Gasteiger partial charge in [0.25, 0.3) is 0 Å². The molecule has 18 heavy (non-hydrogen) atoms. The summed E-state index contributed by atoms with van der Waals surface area (Å²) in [6, 6.07) is 0.982. The average Bonchev–Trinajstić information content (AvgIpc) is 2.29. The van der Waals surface area contributed by atoms with E-state index in [1.54, 1.807) is 32.1 Å². The first-order valence-corrected chi connectivity index (χ1v) is 8.35. The third-order valence-corrected chi connectivity index (χ3v) is 6.20. The van der Waals surface area contributed by atoms with Crippen LogP contribution >= 0.6 is 0 Å². The Morgan fingerprint density at radius 3 is 1.83 bits per heavy atom. The van der Waals surface area contributed by atoms with Crippen molar-refractivity contribution in [2.75, 3.05) is 26.2 Å². The van der Waals surface area contributed by atoms with Gasteiger partial charge in [-0.15, -0.1) is 0 Å². The molecule has 0 atom stereocenters. The quantitative estimate of drug-likeness (QED) is 0.767. The molecule has 0 spiro atoms. The molecule has 0 amide bonds. The summed E-state index contributed by atoms with van der Waals surface area (Å²) in [5, 5.41) is 3.55. The Hall–Kier alpha value is -0.0800. The second-order valence-electron chi connectivity index (χ2n) is 7.41. The molecule has 1 N–H and O–H groups in total. The van der Waals surface area contributed by atoms with Gasteiger partial charge in [-0.1, -0.05) is 0 Å². The maximum absolute atomic E-state index is 3.55. The Morgan fingerprint density at radius 2 is 1.28 bits per heavy atom. The Balaban J connectivity index is 1.49. The highest BCUT2D eigenvalue weighted by molar-refractivity contribution is 5.02. The van der Waals surface area contributed by atoms with Gasteiger partial charge in [0.05, 0.1) is 0 Å². The van der Waals surface area contributed by atoms with Crippen LogP contribution in [0.5, 0.6) is 0 Å². The monoisotopic (exact) mass is 248 g/mol. The van der Waals surface area contributed by atoms with Gasteiger partial charge in [0.2, 0.25) is 0 Å². The van der Waals surface area contributed by atoms with E-state index in [2.05, 4.69) is 10.2 Å². The highest BCUT2D eigenvalue weighted by atomic mass is 15.2. The van der Waals surface area contributed by atoms with Crippen molar-refractivity contribution in [1.82, 2.24) is 10.2 Å². The highest BCUT2D eigenvalue weighted by Crippen LogP contribution is 2.55. The first kappa shape index (κ1) is 11.7. The molecule has 4 aliphatic carbocycles. The lowest BCUT2D eigenvalue weighted by Crippen LogP contribution is -2.57. The number of rotatable bonds is 1. The van der Waals surface area contributed by atoms with E-state index in [-0.39, 0.29) is 0 Å². The molecule has 5 rings (SSSR count). The zero-order valence-electron chi connectivity index (χ0n) is 11.6. The summed E-state index contributed by atoms with van der Waals surface area (Å²) in [7, 11) is 0. The van der Waals surface area contributed by atoms with Gasteiger partial charge in [0.15, 0.2) is 0 Å². The van der Waals surface area contributed by atoms with Gasteiger partial charge < -0.3 is 5.32 Å². The van der Waals surface area contributed by atoms with E-state index in [1.165, 1.54) is 39.0 Å². The van der Waals surface area contributed by atoms with E-state index in [1.807, 2.05) is 0 Å². The summed E-state index contributed by atoms with van der Waals surface area (Å²) in [6.07, 6.45) is 10.6. The molecule has 2 heteroatoms. The second kappa shape index (κ2) is 4.79. The molecule has 102 valence electrons. The normalized spacial score (nSPS) is 49.0. The molecule has 5 aliphatic rings. The second-order valence-corrected chi connectivity index (χ2v) is 7.41. The summed E-state index contributed by atoms with van der Waals surface area (Å²) >= 11 is 0. The van der Waals surface area contributed by atoms with E-state index in [4.69, 9.17) is 0 Å². The predicted octanol–water partition coefficient (Wildman–Crippen LogP) is 2.50. The molecule has 1 heterocycles. The van der Waals surface area contributed by atoms with E-state index >= 15 is 0 Å². The molecule has 0 aromatic carbocycles. The van der Waals surface area contributed by atoms with Gasteiger partial charge in [-0.25, -0.2) is 0 Å². The Labute approximate surface area is 111 Å². The molecule has 4 saturated carbocycles. The van der Waals surface area contributed by atoms with Gasteiger partial charge in [0.1, 0.15) is 0 Å². The lowest BCUT2D eigenvalue weighted by Gasteiger charge is -2.57. The third kappa shape index (κ3) is 2.02. The minimum absolute atomic E-state index is 0.982. The third-order valence-electron chi connectivity index (χ3n) is 6.20. The van der Waals surface area contributed by atoms with Crippen molar-refractivity contribution >= 4 is 0 Å². The molecule has 4 bridgehead atoms. The van der Waals surface area contributed by atoms with E-state index in [9.17, 15) is 0 Å². The molecular formula is C16H28N2. The zero-order chi connectivity index (χ0) is 11.9.